The number of nitrogens with zero attached hydrogens (tertiary/aromatic N) is 2. The summed E-state index contributed by atoms with van der Waals surface area (Å²) in [5, 5.41) is 0. The number of fused-ring (bicyclic) bond motifs is 6. The molecule has 3 aromatic rings. The summed E-state index contributed by atoms with van der Waals surface area (Å²) in [6, 6.07) is 11.2. The minimum atomic E-state index is -2.99. The maximum atomic E-state index is 13.5. The van der Waals surface area contributed by atoms with E-state index in [1.807, 2.05) is 18.2 Å². The molecule has 1 aromatic heterocycles. The number of ketones is 1. The molecule has 7 nitrogen and oxygen atoms in total. The van der Waals surface area contributed by atoms with Crippen LogP contribution in [0.1, 0.15) is 31.0 Å². The van der Waals surface area contributed by atoms with Crippen LogP contribution in [0.15, 0.2) is 52.3 Å². The maximum absolute atomic E-state index is 13.5. The Balaban J connectivity index is 1.69. The van der Waals surface area contributed by atoms with E-state index in [0.717, 1.165) is 5.56 Å². The second kappa shape index (κ2) is 8.05. The quantitative estimate of drug-likeness (QED) is 0.554. The number of benzene rings is 2. The van der Waals surface area contributed by atoms with Crippen LogP contribution in [-0.4, -0.2) is 29.8 Å². The van der Waals surface area contributed by atoms with E-state index in [4.69, 9.17) is 14.5 Å². The Labute approximate surface area is 196 Å². The molecule has 2 aliphatic rings. The average molecular weight is 486 g/mol. The fraction of sp³-hybridized carbons (Fsp3) is 0.292. The summed E-state index contributed by atoms with van der Waals surface area (Å²) in [4.78, 5) is 31.4. The van der Waals surface area contributed by atoms with E-state index in [-0.39, 0.29) is 22.8 Å². The summed E-state index contributed by atoms with van der Waals surface area (Å²) < 4.78 is 43.0. The SMILES string of the molecule is COc1cc(/C=c2\sc3n(c2=O)[C@@H]2c4ccccc4O[C@](C)(N=3)[C@H]2C(C)=O)ccc1OC(F)F. The lowest BCUT2D eigenvalue weighted by Gasteiger charge is -2.45. The maximum Gasteiger partial charge on any atom is 0.387 e. The molecule has 0 spiro atoms. The number of carbonyl (C=O) groups excluding carboxylic acids is 1. The Kier molecular flexibility index (Phi) is 5.27. The van der Waals surface area contributed by atoms with Gasteiger partial charge in [0.15, 0.2) is 16.3 Å². The minimum absolute atomic E-state index is 0.105. The molecule has 2 aliphatic heterocycles. The lowest BCUT2D eigenvalue weighted by molar-refractivity contribution is -0.132. The van der Waals surface area contributed by atoms with E-state index in [2.05, 4.69) is 4.74 Å². The van der Waals surface area contributed by atoms with Crippen LogP contribution in [0.25, 0.3) is 6.08 Å². The predicted molar refractivity (Wildman–Crippen MR) is 120 cm³/mol. The number of thiazole rings is 1. The zero-order valence-corrected chi connectivity index (χ0v) is 19.3. The monoisotopic (exact) mass is 486 g/mol. The molecule has 176 valence electrons. The molecule has 0 saturated heterocycles. The highest BCUT2D eigenvalue weighted by Gasteiger charge is 2.53. The third-order valence-electron chi connectivity index (χ3n) is 6.02. The van der Waals surface area contributed by atoms with E-state index in [9.17, 15) is 18.4 Å². The molecule has 0 N–H and O–H groups in total. The van der Waals surface area contributed by atoms with Gasteiger partial charge >= 0.3 is 6.61 Å². The molecule has 3 atom stereocenters. The summed E-state index contributed by atoms with van der Waals surface area (Å²) in [7, 11) is 1.34. The number of carbonyl (C=O) groups is 1. The number of methoxy groups -OCH3 is 1. The molecule has 2 aromatic carbocycles. The van der Waals surface area contributed by atoms with Crippen molar-refractivity contribution in [2.45, 2.75) is 32.2 Å². The van der Waals surface area contributed by atoms with Crippen LogP contribution >= 0.6 is 11.3 Å². The van der Waals surface area contributed by atoms with Gasteiger partial charge in [-0.1, -0.05) is 35.6 Å². The van der Waals surface area contributed by atoms with Gasteiger partial charge in [0.05, 0.1) is 17.7 Å². The molecular formula is C24H20F2N2O5S. The normalized spacial score (nSPS) is 22.9. The van der Waals surface area contributed by atoms with E-state index in [0.29, 0.717) is 20.6 Å². The smallest absolute Gasteiger partial charge is 0.387 e. The molecule has 0 saturated carbocycles. The lowest BCUT2D eigenvalue weighted by Crippen LogP contribution is -2.58. The predicted octanol–water partition coefficient (Wildman–Crippen LogP) is 2.89. The first-order valence-corrected chi connectivity index (χ1v) is 11.3. The van der Waals surface area contributed by atoms with Gasteiger partial charge in [-0.05, 0) is 43.7 Å². The number of halogens is 2. The highest BCUT2D eigenvalue weighted by Crippen LogP contribution is 2.47. The van der Waals surface area contributed by atoms with E-state index >= 15 is 0 Å². The highest BCUT2D eigenvalue weighted by atomic mass is 32.1. The van der Waals surface area contributed by atoms with Crippen LogP contribution in [0.5, 0.6) is 17.2 Å². The first-order chi connectivity index (χ1) is 16.2. The van der Waals surface area contributed by atoms with Crippen molar-refractivity contribution < 1.29 is 27.8 Å². The summed E-state index contributed by atoms with van der Waals surface area (Å²) in [6.45, 7) is 0.248. The van der Waals surface area contributed by atoms with Gasteiger partial charge in [0.1, 0.15) is 17.5 Å². The van der Waals surface area contributed by atoms with E-state index in [1.165, 1.54) is 37.5 Å². The van der Waals surface area contributed by atoms with Crippen molar-refractivity contribution in [2.24, 2.45) is 10.9 Å². The number of hydrogen-bond acceptors (Lipinski definition) is 7. The fourth-order valence-corrected chi connectivity index (χ4v) is 5.77. The van der Waals surface area contributed by atoms with E-state index in [1.54, 1.807) is 29.7 Å². The third kappa shape index (κ3) is 3.49. The van der Waals surface area contributed by atoms with Crippen LogP contribution in [0.4, 0.5) is 8.78 Å². The fourth-order valence-electron chi connectivity index (χ4n) is 4.67. The van der Waals surface area contributed by atoms with Crippen LogP contribution in [0.2, 0.25) is 0 Å². The van der Waals surface area contributed by atoms with Gasteiger partial charge in [0, 0.05) is 5.56 Å². The Morgan fingerprint density at radius 1 is 1.26 bits per heavy atom. The van der Waals surface area contributed by atoms with Gasteiger partial charge < -0.3 is 14.2 Å². The Bertz CT molecular complexity index is 1480. The Morgan fingerprint density at radius 3 is 2.74 bits per heavy atom. The summed E-state index contributed by atoms with van der Waals surface area (Å²) in [5.41, 5.74) is -0.135. The van der Waals surface area contributed by atoms with Crippen molar-refractivity contribution in [3.8, 4) is 17.2 Å². The van der Waals surface area contributed by atoms with Crippen molar-refractivity contribution in [3.63, 3.8) is 0 Å². The molecule has 5 rings (SSSR count). The van der Waals surface area contributed by atoms with Gasteiger partial charge in [0.2, 0.25) is 5.72 Å². The summed E-state index contributed by atoms with van der Waals surface area (Å²) in [6.07, 6.45) is 1.63. The standard InChI is InChI=1S/C24H20F2N2O5S/c1-12(29)19-20-14-6-4-5-7-15(14)33-24(19,2)27-23-28(20)21(30)18(34-23)11-13-8-9-16(32-22(25)26)17(10-13)31-3/h4-11,19-20,22H,1-3H3/b18-11-/t19-,20+,24-/m0/s1. The van der Waals surface area contributed by atoms with Crippen molar-refractivity contribution in [2.75, 3.05) is 7.11 Å². The molecule has 0 unspecified atom stereocenters. The summed E-state index contributed by atoms with van der Waals surface area (Å²) >= 11 is 1.17. The number of Topliss-reactive ketones (excluding diaryl/α,β-unsaturated/α-hetero) is 1. The first-order valence-electron chi connectivity index (χ1n) is 10.5. The largest absolute Gasteiger partial charge is 0.493 e. The van der Waals surface area contributed by atoms with Crippen molar-refractivity contribution in [3.05, 3.63) is 73.3 Å². The molecular weight excluding hydrogens is 466 g/mol. The number of para-hydroxylation sites is 1. The van der Waals surface area contributed by atoms with Crippen LogP contribution in [-0.2, 0) is 4.79 Å². The van der Waals surface area contributed by atoms with Gasteiger partial charge in [-0.3, -0.25) is 14.2 Å². The number of rotatable bonds is 5. The Hall–Kier alpha value is -3.53. The molecule has 0 fully saturated rings. The number of hydrogen-bond donors (Lipinski definition) is 0. The second-order valence-corrected chi connectivity index (χ2v) is 9.21. The molecule has 0 radical (unpaired) electrons. The lowest BCUT2D eigenvalue weighted by atomic mass is 9.79. The molecule has 34 heavy (non-hydrogen) atoms. The van der Waals surface area contributed by atoms with Crippen LogP contribution < -0.4 is 29.1 Å². The molecule has 10 heteroatoms. The minimum Gasteiger partial charge on any atom is -0.493 e. The first kappa shape index (κ1) is 22.3. The zero-order chi connectivity index (χ0) is 24.2. The highest BCUT2D eigenvalue weighted by molar-refractivity contribution is 7.07. The van der Waals surface area contributed by atoms with Crippen molar-refractivity contribution in [1.29, 1.82) is 0 Å². The van der Waals surface area contributed by atoms with E-state index < -0.39 is 24.3 Å². The molecule has 0 amide bonds. The molecule has 3 heterocycles. The van der Waals surface area contributed by atoms with Crippen molar-refractivity contribution >= 4 is 23.2 Å². The number of aromatic nitrogens is 1. The number of alkyl halides is 2. The topological polar surface area (TPSA) is 79.1 Å². The molecule has 0 aliphatic carbocycles. The Morgan fingerprint density at radius 2 is 2.03 bits per heavy atom. The van der Waals surface area contributed by atoms with Crippen LogP contribution in [0.3, 0.4) is 0 Å². The van der Waals surface area contributed by atoms with Gasteiger partial charge in [-0.25, -0.2) is 4.99 Å². The second-order valence-electron chi connectivity index (χ2n) is 8.20. The average Bonchev–Trinajstić information content (AvgIpc) is 3.07. The summed E-state index contributed by atoms with van der Waals surface area (Å²) in [5.74, 6) is -0.195. The van der Waals surface area contributed by atoms with Crippen LogP contribution in [0, 0.1) is 5.92 Å². The van der Waals surface area contributed by atoms with Crippen molar-refractivity contribution in [1.82, 2.24) is 4.57 Å². The number of ether oxygens (including phenoxy) is 3. The van der Waals surface area contributed by atoms with Gasteiger partial charge in [0.25, 0.3) is 5.56 Å². The molecule has 2 bridgehead atoms. The van der Waals surface area contributed by atoms with Gasteiger partial charge in [-0.15, -0.1) is 0 Å². The van der Waals surface area contributed by atoms with Gasteiger partial charge in [-0.2, -0.15) is 8.78 Å². The zero-order valence-electron chi connectivity index (χ0n) is 18.5. The third-order valence-corrected chi connectivity index (χ3v) is 7.00.